The number of sulfonamides is 1. The van der Waals surface area contributed by atoms with Crippen LogP contribution in [0.2, 0.25) is 0 Å². The third kappa shape index (κ3) is 4.20. The number of halogens is 2. The summed E-state index contributed by atoms with van der Waals surface area (Å²) in [5, 5.41) is 0. The zero-order valence-corrected chi connectivity index (χ0v) is 16.3. The topological polar surface area (TPSA) is 46.6 Å². The highest BCUT2D eigenvalue weighted by atomic mass is 32.2. The van der Waals surface area contributed by atoms with Crippen molar-refractivity contribution in [2.45, 2.75) is 49.6 Å². The fourth-order valence-corrected chi connectivity index (χ4v) is 5.05. The van der Waals surface area contributed by atoms with E-state index in [0.29, 0.717) is 18.6 Å². The average molecular weight is 407 g/mol. The molecule has 2 fully saturated rings. The maximum atomic E-state index is 14.1. The minimum atomic E-state index is -4.05. The van der Waals surface area contributed by atoms with E-state index in [9.17, 15) is 17.2 Å². The van der Waals surface area contributed by atoms with E-state index in [1.807, 2.05) is 24.3 Å². The van der Waals surface area contributed by atoms with Crippen LogP contribution in [0.3, 0.4) is 0 Å². The van der Waals surface area contributed by atoms with Crippen LogP contribution in [0.4, 0.5) is 8.78 Å². The number of ether oxygens (including phenoxy) is 1. The lowest BCUT2D eigenvalue weighted by Gasteiger charge is -2.25. The van der Waals surface area contributed by atoms with Gasteiger partial charge in [0.25, 0.3) is 0 Å². The monoisotopic (exact) mass is 407 g/mol. The van der Waals surface area contributed by atoms with Crippen molar-refractivity contribution in [1.82, 2.24) is 4.31 Å². The summed E-state index contributed by atoms with van der Waals surface area (Å²) in [5.74, 6) is -0.459. The minimum Gasteiger partial charge on any atom is -0.493 e. The van der Waals surface area contributed by atoms with Crippen LogP contribution >= 0.6 is 0 Å². The summed E-state index contributed by atoms with van der Waals surface area (Å²) < 4.78 is 60.3. The lowest BCUT2D eigenvalue weighted by Crippen LogP contribution is -2.33. The molecule has 0 amide bonds. The van der Waals surface area contributed by atoms with Gasteiger partial charge in [0.2, 0.25) is 10.0 Å². The van der Waals surface area contributed by atoms with Gasteiger partial charge in [-0.15, -0.1) is 0 Å². The summed E-state index contributed by atoms with van der Waals surface area (Å²) in [4.78, 5) is -0.485. The van der Waals surface area contributed by atoms with Crippen molar-refractivity contribution >= 4 is 10.0 Å². The predicted molar refractivity (Wildman–Crippen MR) is 101 cm³/mol. The Bertz CT molecular complexity index is 939. The Morgan fingerprint density at radius 2 is 1.71 bits per heavy atom. The molecule has 4 rings (SSSR count). The number of rotatable bonds is 8. The molecular weight excluding hydrogens is 384 g/mol. The van der Waals surface area contributed by atoms with E-state index in [4.69, 9.17) is 4.74 Å². The molecule has 0 saturated heterocycles. The summed E-state index contributed by atoms with van der Waals surface area (Å²) in [5.41, 5.74) is 0.800. The van der Waals surface area contributed by atoms with Gasteiger partial charge in [-0.2, -0.15) is 4.31 Å². The van der Waals surface area contributed by atoms with E-state index < -0.39 is 26.6 Å². The van der Waals surface area contributed by atoms with Crippen molar-refractivity contribution in [3.8, 4) is 5.75 Å². The van der Waals surface area contributed by atoms with Gasteiger partial charge in [-0.3, -0.25) is 0 Å². The highest BCUT2D eigenvalue weighted by molar-refractivity contribution is 7.89. The van der Waals surface area contributed by atoms with Crippen molar-refractivity contribution in [1.29, 1.82) is 0 Å². The van der Waals surface area contributed by atoms with Crippen molar-refractivity contribution in [3.05, 3.63) is 59.7 Å². The van der Waals surface area contributed by atoms with E-state index in [1.165, 1.54) is 23.6 Å². The third-order valence-electron chi connectivity index (χ3n) is 5.41. The molecule has 150 valence electrons. The molecule has 28 heavy (non-hydrogen) atoms. The zero-order chi connectivity index (χ0) is 19.7. The second kappa shape index (κ2) is 7.79. The van der Waals surface area contributed by atoms with E-state index >= 15 is 0 Å². The van der Waals surface area contributed by atoms with Crippen LogP contribution in [0.25, 0.3) is 0 Å². The fraction of sp³-hybridized carbons (Fsp3) is 0.429. The molecule has 0 aliphatic heterocycles. The van der Waals surface area contributed by atoms with Gasteiger partial charge >= 0.3 is 0 Å². The Labute approximate surface area is 164 Å². The van der Waals surface area contributed by atoms with Gasteiger partial charge in [-0.25, -0.2) is 17.2 Å². The van der Waals surface area contributed by atoms with Gasteiger partial charge in [0, 0.05) is 18.7 Å². The smallest absolute Gasteiger partial charge is 0.246 e. The van der Waals surface area contributed by atoms with Crippen LogP contribution < -0.4 is 4.74 Å². The molecule has 7 heteroatoms. The van der Waals surface area contributed by atoms with Crippen LogP contribution in [0, 0.1) is 17.6 Å². The van der Waals surface area contributed by atoms with Crippen molar-refractivity contribution in [2.24, 2.45) is 5.92 Å². The van der Waals surface area contributed by atoms with E-state index in [2.05, 4.69) is 0 Å². The SMILES string of the molecule is O=S(=O)(c1ccc(F)cc1F)N(Cc1ccc(OCC2CCC2)cc1)C1CC1. The molecule has 0 radical (unpaired) electrons. The molecule has 0 bridgehead atoms. The Morgan fingerprint density at radius 3 is 2.29 bits per heavy atom. The molecule has 2 aliphatic carbocycles. The van der Waals surface area contributed by atoms with Gasteiger partial charge in [-0.05, 0) is 61.4 Å². The first-order chi connectivity index (χ1) is 13.4. The molecule has 2 aromatic carbocycles. The summed E-state index contributed by atoms with van der Waals surface area (Å²) in [6.07, 6.45) is 5.18. The maximum absolute atomic E-state index is 14.1. The Kier molecular flexibility index (Phi) is 5.38. The highest BCUT2D eigenvalue weighted by Crippen LogP contribution is 2.34. The van der Waals surface area contributed by atoms with Crippen LogP contribution in [-0.4, -0.2) is 25.4 Å². The summed E-state index contributed by atoms with van der Waals surface area (Å²) >= 11 is 0. The van der Waals surface area contributed by atoms with Crippen molar-refractivity contribution in [3.63, 3.8) is 0 Å². The maximum Gasteiger partial charge on any atom is 0.246 e. The molecule has 4 nitrogen and oxygen atoms in total. The van der Waals surface area contributed by atoms with Crippen LogP contribution in [0.1, 0.15) is 37.7 Å². The molecule has 0 spiro atoms. The van der Waals surface area contributed by atoms with Crippen LogP contribution in [-0.2, 0) is 16.6 Å². The number of benzene rings is 2. The van der Waals surface area contributed by atoms with Crippen LogP contribution in [0.5, 0.6) is 5.75 Å². The molecule has 0 N–H and O–H groups in total. The van der Waals surface area contributed by atoms with Crippen molar-refractivity contribution in [2.75, 3.05) is 6.61 Å². The molecule has 0 heterocycles. The number of hydrogen-bond acceptors (Lipinski definition) is 3. The van der Waals surface area contributed by atoms with E-state index in [1.54, 1.807) is 0 Å². The van der Waals surface area contributed by atoms with Crippen molar-refractivity contribution < 1.29 is 21.9 Å². The molecule has 0 aromatic heterocycles. The standard InChI is InChI=1S/C21H23F2NO3S/c22-17-6-11-21(20(23)12-17)28(25,26)24(18-7-8-18)13-15-4-9-19(10-5-15)27-14-16-2-1-3-16/h4-6,9-12,16,18H,1-3,7-8,13-14H2. The van der Waals surface area contributed by atoms with Gasteiger partial charge in [-0.1, -0.05) is 18.6 Å². The first-order valence-corrected chi connectivity index (χ1v) is 11.1. The second-order valence-corrected chi connectivity index (χ2v) is 9.47. The normalized spacial score (nSPS) is 17.5. The first-order valence-electron chi connectivity index (χ1n) is 9.62. The molecule has 2 saturated carbocycles. The zero-order valence-electron chi connectivity index (χ0n) is 15.5. The molecule has 0 unspecified atom stereocenters. The quantitative estimate of drug-likeness (QED) is 0.647. The van der Waals surface area contributed by atoms with E-state index in [-0.39, 0.29) is 12.6 Å². The number of hydrogen-bond donors (Lipinski definition) is 0. The minimum absolute atomic E-state index is 0.146. The Balaban J connectivity index is 1.49. The lowest BCUT2D eigenvalue weighted by molar-refractivity contribution is 0.180. The second-order valence-electron chi connectivity index (χ2n) is 7.61. The van der Waals surface area contributed by atoms with Crippen LogP contribution in [0.15, 0.2) is 47.4 Å². The highest BCUT2D eigenvalue weighted by Gasteiger charge is 2.39. The number of nitrogens with zero attached hydrogens (tertiary/aromatic N) is 1. The largest absolute Gasteiger partial charge is 0.493 e. The Morgan fingerprint density at radius 1 is 1.00 bits per heavy atom. The van der Waals surface area contributed by atoms with Gasteiger partial charge in [0.1, 0.15) is 22.3 Å². The Hall–Kier alpha value is -1.99. The molecular formula is C21H23F2NO3S. The molecule has 0 atom stereocenters. The summed E-state index contributed by atoms with van der Waals surface area (Å²) in [7, 11) is -4.05. The molecule has 2 aliphatic rings. The van der Waals surface area contributed by atoms with E-state index in [0.717, 1.165) is 36.3 Å². The lowest BCUT2D eigenvalue weighted by atomic mass is 9.86. The first kappa shape index (κ1) is 19.3. The van der Waals surface area contributed by atoms with Gasteiger partial charge in [0.15, 0.2) is 0 Å². The fourth-order valence-electron chi connectivity index (χ4n) is 3.33. The molecule has 2 aromatic rings. The summed E-state index contributed by atoms with van der Waals surface area (Å²) in [6, 6.07) is 9.76. The third-order valence-corrected chi connectivity index (χ3v) is 7.34. The van der Waals surface area contributed by atoms with Gasteiger partial charge < -0.3 is 4.74 Å². The van der Waals surface area contributed by atoms with Gasteiger partial charge in [0.05, 0.1) is 6.61 Å². The predicted octanol–water partition coefficient (Wildman–Crippen LogP) is 4.50. The average Bonchev–Trinajstić information content (AvgIpc) is 3.44. The summed E-state index contributed by atoms with van der Waals surface area (Å²) in [6.45, 7) is 0.860.